The fraction of sp³-hybridized carbons (Fsp3) is 0. The van der Waals surface area contributed by atoms with Gasteiger partial charge in [-0.05, 0) is 58.3 Å². The minimum atomic E-state index is 0.821. The SMILES string of the molecule is c1cc(-c2cccc(-n3c4ccccc4c4ccncc43)n2)nc(-c2ccccc2-c2cccc3ccccc23)c1. The number of aromatic nitrogens is 4. The van der Waals surface area contributed by atoms with Crippen LogP contribution in [0, 0.1) is 0 Å². The number of benzene rings is 4. The van der Waals surface area contributed by atoms with Crippen LogP contribution in [0.15, 0.2) is 146 Å². The van der Waals surface area contributed by atoms with Crippen molar-refractivity contribution in [2.45, 2.75) is 0 Å². The third kappa shape index (κ3) is 3.88. The Morgan fingerprint density at radius 2 is 1.05 bits per heavy atom. The number of hydrogen-bond acceptors (Lipinski definition) is 3. The number of hydrogen-bond donors (Lipinski definition) is 0. The molecule has 0 unspecified atom stereocenters. The molecular formula is C37H24N4. The summed E-state index contributed by atoms with van der Waals surface area (Å²) in [6.45, 7) is 0. The molecule has 4 heteroatoms. The Hall–Kier alpha value is -5.61. The molecule has 0 saturated heterocycles. The van der Waals surface area contributed by atoms with E-state index >= 15 is 0 Å². The van der Waals surface area contributed by atoms with Crippen LogP contribution in [0.25, 0.3) is 72.2 Å². The van der Waals surface area contributed by atoms with E-state index in [1.165, 1.54) is 21.7 Å². The molecule has 4 nitrogen and oxygen atoms in total. The maximum Gasteiger partial charge on any atom is 0.138 e. The summed E-state index contributed by atoms with van der Waals surface area (Å²) in [7, 11) is 0. The van der Waals surface area contributed by atoms with E-state index in [1.54, 1.807) is 0 Å². The quantitative estimate of drug-likeness (QED) is 0.231. The average Bonchev–Trinajstić information content (AvgIpc) is 3.39. The molecule has 0 radical (unpaired) electrons. The van der Waals surface area contributed by atoms with Gasteiger partial charge in [-0.25, -0.2) is 9.97 Å². The summed E-state index contributed by atoms with van der Waals surface area (Å²) in [5, 5.41) is 4.80. The van der Waals surface area contributed by atoms with Crippen LogP contribution in [0.3, 0.4) is 0 Å². The second kappa shape index (κ2) is 9.54. The first-order valence-corrected chi connectivity index (χ1v) is 13.7. The summed E-state index contributed by atoms with van der Waals surface area (Å²) in [6, 6.07) is 46.3. The van der Waals surface area contributed by atoms with Gasteiger partial charge in [0, 0.05) is 22.5 Å². The molecule has 0 saturated carbocycles. The van der Waals surface area contributed by atoms with Crippen LogP contribution in [0.1, 0.15) is 0 Å². The first-order valence-electron chi connectivity index (χ1n) is 13.7. The summed E-state index contributed by atoms with van der Waals surface area (Å²) in [4.78, 5) is 14.7. The Morgan fingerprint density at radius 1 is 0.415 bits per heavy atom. The Labute approximate surface area is 237 Å². The van der Waals surface area contributed by atoms with Gasteiger partial charge in [-0.3, -0.25) is 9.55 Å². The predicted octanol–water partition coefficient (Wildman–Crippen LogP) is 9.12. The Morgan fingerprint density at radius 3 is 1.98 bits per heavy atom. The molecule has 0 aliphatic rings. The zero-order chi connectivity index (χ0) is 27.2. The van der Waals surface area contributed by atoms with Gasteiger partial charge in [0.1, 0.15) is 5.82 Å². The first-order chi connectivity index (χ1) is 20.3. The van der Waals surface area contributed by atoms with E-state index < -0.39 is 0 Å². The summed E-state index contributed by atoms with van der Waals surface area (Å²) in [5.74, 6) is 0.838. The molecule has 8 aromatic rings. The van der Waals surface area contributed by atoms with Crippen LogP contribution in [-0.2, 0) is 0 Å². The van der Waals surface area contributed by atoms with Crippen LogP contribution in [-0.4, -0.2) is 19.5 Å². The van der Waals surface area contributed by atoms with Gasteiger partial charge in [0.15, 0.2) is 0 Å². The van der Waals surface area contributed by atoms with E-state index in [4.69, 9.17) is 9.97 Å². The second-order valence-electron chi connectivity index (χ2n) is 10.1. The van der Waals surface area contributed by atoms with Gasteiger partial charge in [0.2, 0.25) is 0 Å². The molecule has 0 fully saturated rings. The minimum Gasteiger partial charge on any atom is -0.292 e. The lowest BCUT2D eigenvalue weighted by Gasteiger charge is -2.13. The summed E-state index contributed by atoms with van der Waals surface area (Å²) in [5.41, 5.74) is 8.15. The smallest absolute Gasteiger partial charge is 0.138 e. The van der Waals surface area contributed by atoms with Gasteiger partial charge in [-0.1, -0.05) is 97.1 Å². The van der Waals surface area contributed by atoms with Crippen molar-refractivity contribution in [1.29, 1.82) is 0 Å². The molecule has 0 amide bonds. The van der Waals surface area contributed by atoms with E-state index in [-0.39, 0.29) is 0 Å². The van der Waals surface area contributed by atoms with Crippen LogP contribution in [0.4, 0.5) is 0 Å². The largest absolute Gasteiger partial charge is 0.292 e. The molecule has 41 heavy (non-hydrogen) atoms. The van der Waals surface area contributed by atoms with Crippen molar-refractivity contribution in [2.24, 2.45) is 0 Å². The molecule has 0 atom stereocenters. The van der Waals surface area contributed by atoms with Gasteiger partial charge in [-0.2, -0.15) is 0 Å². The molecule has 0 aliphatic heterocycles. The zero-order valence-corrected chi connectivity index (χ0v) is 22.1. The lowest BCUT2D eigenvalue weighted by atomic mass is 9.93. The third-order valence-corrected chi connectivity index (χ3v) is 7.73. The van der Waals surface area contributed by atoms with Gasteiger partial charge < -0.3 is 0 Å². The molecule has 8 rings (SSSR count). The Bertz CT molecular complexity index is 2170. The molecule has 0 bridgehead atoms. The standard InChI is InChI=1S/C37H24N4/c1-2-12-26-25(10-1)11-7-16-27(26)28-13-3-4-14-29(28)32-17-8-18-33(39-32)34-19-9-21-37(40-34)41-35-20-6-5-15-30(35)31-22-23-38-24-36(31)41/h1-24H. The maximum absolute atomic E-state index is 5.14. The van der Waals surface area contributed by atoms with Crippen molar-refractivity contribution in [3.05, 3.63) is 146 Å². The maximum atomic E-state index is 5.14. The number of para-hydroxylation sites is 1. The highest BCUT2D eigenvalue weighted by Crippen LogP contribution is 2.36. The fourth-order valence-corrected chi connectivity index (χ4v) is 5.88. The van der Waals surface area contributed by atoms with Gasteiger partial charge in [-0.15, -0.1) is 0 Å². The van der Waals surface area contributed by atoms with Crippen LogP contribution in [0.5, 0.6) is 0 Å². The van der Waals surface area contributed by atoms with Crippen molar-refractivity contribution in [1.82, 2.24) is 19.5 Å². The van der Waals surface area contributed by atoms with Crippen molar-refractivity contribution in [3.8, 4) is 39.6 Å². The summed E-state index contributed by atoms with van der Waals surface area (Å²) < 4.78 is 2.18. The fourth-order valence-electron chi connectivity index (χ4n) is 5.88. The number of fused-ring (bicyclic) bond motifs is 4. The molecule has 0 spiro atoms. The van der Waals surface area contributed by atoms with Gasteiger partial charge in [0.05, 0.1) is 34.3 Å². The van der Waals surface area contributed by atoms with Gasteiger partial charge in [0.25, 0.3) is 0 Å². The molecule has 0 N–H and O–H groups in total. The highest BCUT2D eigenvalue weighted by atomic mass is 15.1. The van der Waals surface area contributed by atoms with E-state index in [0.717, 1.165) is 50.4 Å². The third-order valence-electron chi connectivity index (χ3n) is 7.73. The first kappa shape index (κ1) is 23.3. The van der Waals surface area contributed by atoms with Crippen molar-refractivity contribution in [3.63, 3.8) is 0 Å². The number of pyridine rings is 3. The van der Waals surface area contributed by atoms with Crippen molar-refractivity contribution < 1.29 is 0 Å². The Kier molecular flexibility index (Phi) is 5.42. The van der Waals surface area contributed by atoms with Crippen LogP contribution < -0.4 is 0 Å². The molecule has 4 aromatic carbocycles. The number of rotatable bonds is 4. The van der Waals surface area contributed by atoms with Gasteiger partial charge >= 0.3 is 0 Å². The molecule has 192 valence electrons. The van der Waals surface area contributed by atoms with E-state index in [9.17, 15) is 0 Å². The monoisotopic (exact) mass is 524 g/mol. The molecule has 4 aromatic heterocycles. The van der Waals surface area contributed by atoms with Crippen LogP contribution in [0.2, 0.25) is 0 Å². The van der Waals surface area contributed by atoms with E-state index in [0.29, 0.717) is 0 Å². The normalized spacial score (nSPS) is 11.4. The summed E-state index contributed by atoms with van der Waals surface area (Å²) in [6.07, 6.45) is 3.75. The lowest BCUT2D eigenvalue weighted by molar-refractivity contribution is 1.07. The van der Waals surface area contributed by atoms with E-state index in [1.807, 2.05) is 36.7 Å². The Balaban J connectivity index is 1.26. The summed E-state index contributed by atoms with van der Waals surface area (Å²) >= 11 is 0. The topological polar surface area (TPSA) is 43.6 Å². The lowest BCUT2D eigenvalue weighted by Crippen LogP contribution is -1.99. The molecular weight excluding hydrogens is 500 g/mol. The molecule has 0 aliphatic carbocycles. The highest BCUT2D eigenvalue weighted by Gasteiger charge is 2.15. The molecule has 4 heterocycles. The average molecular weight is 525 g/mol. The predicted molar refractivity (Wildman–Crippen MR) is 168 cm³/mol. The van der Waals surface area contributed by atoms with E-state index in [2.05, 4.69) is 119 Å². The van der Waals surface area contributed by atoms with Crippen LogP contribution >= 0.6 is 0 Å². The number of nitrogens with zero attached hydrogens (tertiary/aromatic N) is 4. The van der Waals surface area contributed by atoms with Crippen molar-refractivity contribution in [2.75, 3.05) is 0 Å². The zero-order valence-electron chi connectivity index (χ0n) is 22.1. The van der Waals surface area contributed by atoms with Crippen molar-refractivity contribution >= 4 is 32.6 Å². The second-order valence-corrected chi connectivity index (χ2v) is 10.1. The minimum absolute atomic E-state index is 0.821. The highest BCUT2D eigenvalue weighted by molar-refractivity contribution is 6.08.